The van der Waals surface area contributed by atoms with E-state index in [2.05, 4.69) is 10.1 Å². The number of carboxylic acids is 1. The average molecular weight is 397 g/mol. The first-order chi connectivity index (χ1) is 13.2. The van der Waals surface area contributed by atoms with Crippen LogP contribution < -0.4 is 14.8 Å². The molecule has 0 aliphatic heterocycles. The van der Waals surface area contributed by atoms with Crippen molar-refractivity contribution in [3.05, 3.63) is 59.7 Å². The second-order valence-electron chi connectivity index (χ2n) is 5.80. The highest BCUT2D eigenvalue weighted by atomic mass is 19.4. The lowest BCUT2D eigenvalue weighted by molar-refractivity contribution is -0.274. The Morgan fingerprint density at radius 1 is 1.00 bits per heavy atom. The van der Waals surface area contributed by atoms with Crippen LogP contribution in [-0.4, -0.2) is 36.5 Å². The third-order valence-electron chi connectivity index (χ3n) is 3.52. The molecule has 6 nitrogen and oxygen atoms in total. The molecule has 0 aliphatic rings. The summed E-state index contributed by atoms with van der Waals surface area (Å²) in [5.41, 5.74) is 1.31. The van der Waals surface area contributed by atoms with Gasteiger partial charge in [-0.2, -0.15) is 0 Å². The van der Waals surface area contributed by atoms with E-state index in [0.29, 0.717) is 24.3 Å². The molecule has 0 spiro atoms. The van der Waals surface area contributed by atoms with Crippen LogP contribution in [-0.2, 0) is 22.4 Å². The predicted octanol–water partition coefficient (Wildman–Crippen LogP) is 2.95. The summed E-state index contributed by atoms with van der Waals surface area (Å²) in [6, 6.07) is 12.0. The fraction of sp³-hybridized carbons (Fsp3) is 0.263. The Kier molecular flexibility index (Phi) is 7.25. The number of halogens is 3. The Bertz CT molecular complexity index is 806. The molecular formula is C19H18F3NO5. The van der Waals surface area contributed by atoms with Crippen LogP contribution in [0.3, 0.4) is 0 Å². The number of benzene rings is 2. The van der Waals surface area contributed by atoms with Gasteiger partial charge in [0.2, 0.25) is 5.91 Å². The van der Waals surface area contributed by atoms with Crippen LogP contribution in [0, 0.1) is 0 Å². The third-order valence-corrected chi connectivity index (χ3v) is 3.52. The Balaban J connectivity index is 1.77. The monoisotopic (exact) mass is 397 g/mol. The maximum Gasteiger partial charge on any atom is 0.573 e. The molecule has 2 aromatic carbocycles. The lowest BCUT2D eigenvalue weighted by Gasteiger charge is -2.10. The van der Waals surface area contributed by atoms with Gasteiger partial charge in [0, 0.05) is 6.54 Å². The fourth-order valence-corrected chi connectivity index (χ4v) is 2.34. The van der Waals surface area contributed by atoms with Crippen LogP contribution in [0.4, 0.5) is 13.2 Å². The summed E-state index contributed by atoms with van der Waals surface area (Å²) < 4.78 is 45.5. The maximum atomic E-state index is 12.2. The quantitative estimate of drug-likeness (QED) is 0.680. The minimum Gasteiger partial charge on any atom is -0.482 e. The molecule has 0 bridgehead atoms. The lowest BCUT2D eigenvalue weighted by atomic mass is 10.1. The summed E-state index contributed by atoms with van der Waals surface area (Å²) in [6.07, 6.45) is -4.33. The maximum absolute atomic E-state index is 12.2. The Hall–Kier alpha value is -3.23. The van der Waals surface area contributed by atoms with Crippen molar-refractivity contribution in [1.29, 1.82) is 0 Å². The highest BCUT2D eigenvalue weighted by Gasteiger charge is 2.31. The molecule has 0 fully saturated rings. The number of nitrogens with one attached hydrogen (secondary N) is 1. The molecule has 0 radical (unpaired) electrons. The van der Waals surface area contributed by atoms with Gasteiger partial charge in [0.25, 0.3) is 0 Å². The van der Waals surface area contributed by atoms with Crippen LogP contribution in [0.2, 0.25) is 0 Å². The van der Waals surface area contributed by atoms with Gasteiger partial charge >= 0.3 is 12.3 Å². The minimum absolute atomic E-state index is 0.0724. The van der Waals surface area contributed by atoms with Crippen molar-refractivity contribution in [3.63, 3.8) is 0 Å². The summed E-state index contributed by atoms with van der Waals surface area (Å²) in [5, 5.41) is 11.2. The van der Waals surface area contributed by atoms with E-state index in [0.717, 1.165) is 5.56 Å². The molecule has 9 heteroatoms. The summed E-state index contributed by atoms with van der Waals surface area (Å²) in [6.45, 7) is -0.0858. The molecule has 2 N–H and O–H groups in total. The standard InChI is InChI=1S/C19H18F3NO5/c20-19(21,22)28-16-3-1-2-14(10-16)11-17(24)23-9-8-13-4-6-15(7-5-13)27-12-18(25)26/h1-7,10H,8-9,11-12H2,(H,23,24)(H,25,26). The SMILES string of the molecule is O=C(O)COc1ccc(CCNC(=O)Cc2cccc(OC(F)(F)F)c2)cc1. The van der Waals surface area contributed by atoms with Crippen LogP contribution in [0.25, 0.3) is 0 Å². The number of hydrogen-bond acceptors (Lipinski definition) is 4. The van der Waals surface area contributed by atoms with Crippen molar-refractivity contribution in [2.24, 2.45) is 0 Å². The molecule has 0 saturated heterocycles. The van der Waals surface area contributed by atoms with E-state index in [4.69, 9.17) is 9.84 Å². The van der Waals surface area contributed by atoms with Crippen molar-refractivity contribution in [3.8, 4) is 11.5 Å². The lowest BCUT2D eigenvalue weighted by Crippen LogP contribution is -2.27. The minimum atomic E-state index is -4.78. The van der Waals surface area contributed by atoms with Crippen molar-refractivity contribution < 1.29 is 37.3 Å². The van der Waals surface area contributed by atoms with Crippen molar-refractivity contribution in [2.75, 3.05) is 13.2 Å². The van der Waals surface area contributed by atoms with E-state index in [-0.39, 0.29) is 18.1 Å². The van der Waals surface area contributed by atoms with Crippen LogP contribution in [0.15, 0.2) is 48.5 Å². The molecule has 28 heavy (non-hydrogen) atoms. The molecule has 0 aliphatic carbocycles. The first-order valence-electron chi connectivity index (χ1n) is 8.26. The molecule has 150 valence electrons. The van der Waals surface area contributed by atoms with E-state index in [1.165, 1.54) is 18.2 Å². The summed E-state index contributed by atoms with van der Waals surface area (Å²) in [4.78, 5) is 22.4. The fourth-order valence-electron chi connectivity index (χ4n) is 2.34. The zero-order valence-corrected chi connectivity index (χ0v) is 14.7. The van der Waals surface area contributed by atoms with E-state index in [9.17, 15) is 22.8 Å². The zero-order valence-electron chi connectivity index (χ0n) is 14.7. The second-order valence-corrected chi connectivity index (χ2v) is 5.80. The number of rotatable bonds is 9. The first-order valence-corrected chi connectivity index (χ1v) is 8.26. The molecule has 1 amide bonds. The van der Waals surface area contributed by atoms with Gasteiger partial charge in [0.15, 0.2) is 6.61 Å². The van der Waals surface area contributed by atoms with Crippen LogP contribution >= 0.6 is 0 Å². The highest BCUT2D eigenvalue weighted by Crippen LogP contribution is 2.23. The van der Waals surface area contributed by atoms with E-state index < -0.39 is 18.9 Å². The number of carbonyl (C=O) groups is 2. The topological polar surface area (TPSA) is 84.9 Å². The number of carboxylic acid groups (broad SMARTS) is 1. The summed E-state index contributed by atoms with van der Waals surface area (Å²) in [5.74, 6) is -1.34. The number of aliphatic carboxylic acids is 1. The second kappa shape index (κ2) is 9.63. The largest absolute Gasteiger partial charge is 0.573 e. The van der Waals surface area contributed by atoms with Gasteiger partial charge in [-0.15, -0.1) is 13.2 Å². The third kappa shape index (κ3) is 7.98. The Labute approximate surface area is 158 Å². The number of alkyl halides is 3. The predicted molar refractivity (Wildman–Crippen MR) is 93.1 cm³/mol. The molecular weight excluding hydrogens is 379 g/mol. The number of ether oxygens (including phenoxy) is 2. The number of amides is 1. The van der Waals surface area contributed by atoms with E-state index in [1.807, 2.05) is 0 Å². The van der Waals surface area contributed by atoms with Gasteiger partial charge in [0.1, 0.15) is 11.5 Å². The van der Waals surface area contributed by atoms with Crippen molar-refractivity contribution >= 4 is 11.9 Å². The molecule has 0 atom stereocenters. The van der Waals surface area contributed by atoms with E-state index in [1.54, 1.807) is 30.3 Å². The zero-order chi connectivity index (χ0) is 20.6. The smallest absolute Gasteiger partial charge is 0.482 e. The average Bonchev–Trinajstić information content (AvgIpc) is 2.60. The molecule has 0 aromatic heterocycles. The molecule has 2 rings (SSSR count). The Morgan fingerprint density at radius 3 is 2.36 bits per heavy atom. The van der Waals surface area contributed by atoms with Crippen molar-refractivity contribution in [1.82, 2.24) is 5.32 Å². The normalized spacial score (nSPS) is 11.0. The van der Waals surface area contributed by atoms with Crippen LogP contribution in [0.5, 0.6) is 11.5 Å². The van der Waals surface area contributed by atoms with Gasteiger partial charge in [-0.1, -0.05) is 24.3 Å². The van der Waals surface area contributed by atoms with Gasteiger partial charge < -0.3 is 19.9 Å². The van der Waals surface area contributed by atoms with Gasteiger partial charge in [-0.05, 0) is 41.8 Å². The van der Waals surface area contributed by atoms with E-state index >= 15 is 0 Å². The van der Waals surface area contributed by atoms with Crippen LogP contribution in [0.1, 0.15) is 11.1 Å². The highest BCUT2D eigenvalue weighted by molar-refractivity contribution is 5.78. The molecule has 2 aromatic rings. The molecule has 0 unspecified atom stereocenters. The van der Waals surface area contributed by atoms with Crippen molar-refractivity contribution in [2.45, 2.75) is 19.2 Å². The van der Waals surface area contributed by atoms with Gasteiger partial charge in [-0.3, -0.25) is 4.79 Å². The van der Waals surface area contributed by atoms with Gasteiger partial charge in [-0.25, -0.2) is 4.79 Å². The summed E-state index contributed by atoms with van der Waals surface area (Å²) >= 11 is 0. The number of hydrogen-bond donors (Lipinski definition) is 2. The molecule has 0 saturated carbocycles. The van der Waals surface area contributed by atoms with Gasteiger partial charge in [0.05, 0.1) is 6.42 Å². The molecule has 0 heterocycles. The first kappa shape index (κ1) is 21.1. The summed E-state index contributed by atoms with van der Waals surface area (Å²) in [7, 11) is 0. The Morgan fingerprint density at radius 2 is 1.71 bits per heavy atom. The number of carbonyl (C=O) groups excluding carboxylic acids is 1.